The van der Waals surface area contributed by atoms with Crippen LogP contribution >= 0.6 is 11.8 Å². The number of aromatic amines is 1. The number of hydrogen-bond acceptors (Lipinski definition) is 4. The molecule has 0 aliphatic carbocycles. The molecular formula is C11H16N4OS. The molecule has 0 fully saturated rings. The molecule has 92 valence electrons. The van der Waals surface area contributed by atoms with E-state index in [0.717, 1.165) is 35.9 Å². The first kappa shape index (κ1) is 12.2. The molecule has 0 bridgehead atoms. The van der Waals surface area contributed by atoms with Crippen molar-refractivity contribution < 1.29 is 0 Å². The molecule has 0 saturated heterocycles. The Kier molecular flexibility index (Phi) is 3.83. The Hall–Kier alpha value is -1.30. The maximum atomic E-state index is 11.5. The van der Waals surface area contributed by atoms with Crippen molar-refractivity contribution >= 4 is 17.5 Å². The summed E-state index contributed by atoms with van der Waals surface area (Å²) in [5.74, 6) is 1.55. The van der Waals surface area contributed by atoms with E-state index in [2.05, 4.69) is 29.0 Å². The average Bonchev–Trinajstić information content (AvgIpc) is 2.69. The number of thioether (sulfide) groups is 1. The highest BCUT2D eigenvalue weighted by molar-refractivity contribution is 7.99. The first-order chi connectivity index (χ1) is 8.26. The van der Waals surface area contributed by atoms with E-state index >= 15 is 0 Å². The Bertz CT molecular complexity index is 560. The van der Waals surface area contributed by atoms with Crippen LogP contribution < -0.4 is 5.56 Å². The van der Waals surface area contributed by atoms with E-state index in [1.165, 1.54) is 0 Å². The first-order valence-corrected chi connectivity index (χ1v) is 6.85. The van der Waals surface area contributed by atoms with E-state index in [-0.39, 0.29) is 5.56 Å². The number of rotatable bonds is 5. The molecule has 1 N–H and O–H groups in total. The van der Waals surface area contributed by atoms with Gasteiger partial charge in [-0.05, 0) is 12.8 Å². The normalized spacial score (nSPS) is 11.2. The van der Waals surface area contributed by atoms with Gasteiger partial charge in [-0.1, -0.05) is 32.0 Å². The quantitative estimate of drug-likeness (QED) is 0.825. The number of fused-ring (bicyclic) bond motifs is 1. The van der Waals surface area contributed by atoms with Crippen molar-refractivity contribution in [1.82, 2.24) is 19.6 Å². The van der Waals surface area contributed by atoms with Gasteiger partial charge in [0.05, 0.1) is 0 Å². The molecule has 17 heavy (non-hydrogen) atoms. The smallest absolute Gasteiger partial charge is 0.252 e. The Labute approximate surface area is 104 Å². The van der Waals surface area contributed by atoms with Crippen molar-refractivity contribution in [1.29, 1.82) is 0 Å². The third kappa shape index (κ3) is 2.52. The number of H-pyrrole nitrogens is 1. The lowest BCUT2D eigenvalue weighted by molar-refractivity contribution is 0.800. The predicted octanol–water partition coefficient (Wildman–Crippen LogP) is 1.87. The van der Waals surface area contributed by atoms with Crippen LogP contribution in [0.25, 0.3) is 5.78 Å². The number of aromatic nitrogens is 4. The molecule has 6 heteroatoms. The van der Waals surface area contributed by atoms with Gasteiger partial charge < -0.3 is 0 Å². The fraction of sp³-hybridized carbons (Fsp3) is 0.545. The van der Waals surface area contributed by atoms with Crippen LogP contribution in [-0.2, 0) is 6.42 Å². The summed E-state index contributed by atoms with van der Waals surface area (Å²) in [6.07, 6.45) is 2.94. The van der Waals surface area contributed by atoms with Crippen molar-refractivity contribution in [2.24, 2.45) is 0 Å². The lowest BCUT2D eigenvalue weighted by atomic mass is 10.2. The molecule has 2 aromatic rings. The van der Waals surface area contributed by atoms with E-state index in [0.29, 0.717) is 5.78 Å². The molecule has 0 aromatic carbocycles. The van der Waals surface area contributed by atoms with Gasteiger partial charge in [0.15, 0.2) is 5.16 Å². The number of hydrogen-bond donors (Lipinski definition) is 1. The molecule has 0 aliphatic rings. The topological polar surface area (TPSA) is 63.0 Å². The highest BCUT2D eigenvalue weighted by Crippen LogP contribution is 2.18. The Balaban J connectivity index is 2.51. The maximum absolute atomic E-state index is 11.5. The predicted molar refractivity (Wildman–Crippen MR) is 68.6 cm³/mol. The second-order valence-corrected chi connectivity index (χ2v) is 4.93. The van der Waals surface area contributed by atoms with Gasteiger partial charge in [0.2, 0.25) is 5.78 Å². The van der Waals surface area contributed by atoms with Gasteiger partial charge in [0.1, 0.15) is 0 Å². The number of aryl methyl sites for hydroxylation is 1. The highest BCUT2D eigenvalue weighted by atomic mass is 32.2. The van der Waals surface area contributed by atoms with Crippen molar-refractivity contribution in [3.05, 3.63) is 22.1 Å². The molecular weight excluding hydrogens is 236 g/mol. The summed E-state index contributed by atoms with van der Waals surface area (Å²) in [6, 6.07) is 1.63. The van der Waals surface area contributed by atoms with Gasteiger partial charge in [0, 0.05) is 17.5 Å². The fourth-order valence-electron chi connectivity index (χ4n) is 1.70. The monoisotopic (exact) mass is 252 g/mol. The van der Waals surface area contributed by atoms with E-state index in [4.69, 9.17) is 0 Å². The largest absolute Gasteiger partial charge is 0.291 e. The van der Waals surface area contributed by atoms with Crippen LogP contribution in [0.1, 0.15) is 32.4 Å². The van der Waals surface area contributed by atoms with Gasteiger partial charge in [-0.25, -0.2) is 0 Å². The summed E-state index contributed by atoms with van der Waals surface area (Å²) < 4.78 is 1.95. The van der Waals surface area contributed by atoms with Crippen molar-refractivity contribution in [2.75, 3.05) is 5.75 Å². The highest BCUT2D eigenvalue weighted by Gasteiger charge is 2.10. The third-order valence-electron chi connectivity index (χ3n) is 2.39. The van der Waals surface area contributed by atoms with Crippen molar-refractivity contribution in [3.63, 3.8) is 0 Å². The molecule has 0 radical (unpaired) electrons. The molecule has 2 heterocycles. The van der Waals surface area contributed by atoms with Crippen LogP contribution in [-0.4, -0.2) is 25.3 Å². The minimum absolute atomic E-state index is 0.111. The van der Waals surface area contributed by atoms with Crippen molar-refractivity contribution in [3.8, 4) is 0 Å². The average molecular weight is 252 g/mol. The summed E-state index contributed by atoms with van der Waals surface area (Å²) in [5, 5.41) is 9.00. The summed E-state index contributed by atoms with van der Waals surface area (Å²) >= 11 is 1.67. The summed E-state index contributed by atoms with van der Waals surface area (Å²) in [6.45, 7) is 4.22. The minimum Gasteiger partial charge on any atom is -0.291 e. The standard InChI is InChI=1S/C11H16N4OS/c1-3-5-8-7-9(16)12-10-13-14-11(15(8)10)17-6-4-2/h7H,3-6H2,1-2H3,(H,12,13,16). The second kappa shape index (κ2) is 5.35. The van der Waals surface area contributed by atoms with Crippen LogP contribution in [0.3, 0.4) is 0 Å². The van der Waals surface area contributed by atoms with Gasteiger partial charge in [-0.3, -0.25) is 14.2 Å². The molecule has 0 spiro atoms. The molecule has 0 saturated carbocycles. The van der Waals surface area contributed by atoms with Crippen LogP contribution in [0, 0.1) is 0 Å². The van der Waals surface area contributed by atoms with E-state index in [9.17, 15) is 4.79 Å². The first-order valence-electron chi connectivity index (χ1n) is 5.86. The Morgan fingerprint density at radius 1 is 1.35 bits per heavy atom. The lowest BCUT2D eigenvalue weighted by Crippen LogP contribution is -2.11. The third-order valence-corrected chi connectivity index (χ3v) is 3.53. The Morgan fingerprint density at radius 2 is 2.18 bits per heavy atom. The molecule has 0 atom stereocenters. The van der Waals surface area contributed by atoms with Gasteiger partial charge >= 0.3 is 0 Å². The van der Waals surface area contributed by atoms with Gasteiger partial charge in [0.25, 0.3) is 5.56 Å². The fourth-order valence-corrected chi connectivity index (χ4v) is 2.52. The lowest BCUT2D eigenvalue weighted by Gasteiger charge is -2.05. The van der Waals surface area contributed by atoms with E-state index < -0.39 is 0 Å². The van der Waals surface area contributed by atoms with Gasteiger partial charge in [-0.15, -0.1) is 10.2 Å². The molecule has 0 aliphatic heterocycles. The van der Waals surface area contributed by atoms with E-state index in [1.54, 1.807) is 17.8 Å². The summed E-state index contributed by atoms with van der Waals surface area (Å²) in [5.41, 5.74) is 0.871. The second-order valence-electron chi connectivity index (χ2n) is 3.86. The number of nitrogens with zero attached hydrogens (tertiary/aromatic N) is 3. The van der Waals surface area contributed by atoms with Gasteiger partial charge in [-0.2, -0.15) is 0 Å². The van der Waals surface area contributed by atoms with Crippen LogP contribution in [0.2, 0.25) is 0 Å². The molecule has 2 rings (SSSR count). The Morgan fingerprint density at radius 3 is 2.88 bits per heavy atom. The SMILES string of the molecule is CCCSc1nnc2[nH]c(=O)cc(CCC)n12. The van der Waals surface area contributed by atoms with E-state index in [1.807, 2.05) is 4.40 Å². The minimum atomic E-state index is -0.111. The zero-order valence-electron chi connectivity index (χ0n) is 10.1. The molecule has 2 aromatic heterocycles. The number of nitrogens with one attached hydrogen (secondary N) is 1. The molecule has 5 nitrogen and oxygen atoms in total. The zero-order valence-corrected chi connectivity index (χ0v) is 10.9. The molecule has 0 unspecified atom stereocenters. The molecule has 0 amide bonds. The van der Waals surface area contributed by atoms with Crippen molar-refractivity contribution in [2.45, 2.75) is 38.3 Å². The summed E-state index contributed by atoms with van der Waals surface area (Å²) in [7, 11) is 0. The maximum Gasteiger partial charge on any atom is 0.252 e. The summed E-state index contributed by atoms with van der Waals surface area (Å²) in [4.78, 5) is 14.2. The van der Waals surface area contributed by atoms with Crippen LogP contribution in [0.15, 0.2) is 16.0 Å². The van der Waals surface area contributed by atoms with Crippen LogP contribution in [0.4, 0.5) is 0 Å². The van der Waals surface area contributed by atoms with Crippen LogP contribution in [0.5, 0.6) is 0 Å². The zero-order chi connectivity index (χ0) is 12.3.